The summed E-state index contributed by atoms with van der Waals surface area (Å²) >= 11 is 3.53. The van der Waals surface area contributed by atoms with Crippen molar-refractivity contribution in [2.24, 2.45) is 5.92 Å². The Morgan fingerprint density at radius 3 is 2.50 bits per heavy atom. The van der Waals surface area contributed by atoms with Crippen LogP contribution in [0.2, 0.25) is 0 Å². The van der Waals surface area contributed by atoms with Gasteiger partial charge >= 0.3 is 0 Å². The normalized spacial score (nSPS) is 22.9. The molecule has 0 heterocycles. The van der Waals surface area contributed by atoms with E-state index in [0.29, 0.717) is 6.10 Å². The number of fused-ring (bicyclic) bond motifs is 1. The minimum absolute atomic E-state index is 0.405. The maximum absolute atomic E-state index is 6.18. The van der Waals surface area contributed by atoms with Crippen LogP contribution in [0.5, 0.6) is 5.75 Å². The van der Waals surface area contributed by atoms with Crippen molar-refractivity contribution in [1.82, 2.24) is 0 Å². The quantitative estimate of drug-likeness (QED) is 0.674. The predicted octanol–water partition coefficient (Wildman–Crippen LogP) is 5.95. The fourth-order valence-corrected chi connectivity index (χ4v) is 3.50. The highest BCUT2D eigenvalue weighted by Gasteiger charge is 2.21. The number of benzene rings is 2. The van der Waals surface area contributed by atoms with Gasteiger partial charge in [0, 0.05) is 4.47 Å². The van der Waals surface area contributed by atoms with E-state index in [1.807, 2.05) is 0 Å². The summed E-state index contributed by atoms with van der Waals surface area (Å²) in [7, 11) is 0. The third-order valence-electron chi connectivity index (χ3n) is 4.45. The van der Waals surface area contributed by atoms with Gasteiger partial charge in [-0.25, -0.2) is 0 Å². The Bertz CT molecular complexity index is 585. The zero-order valence-corrected chi connectivity index (χ0v) is 13.5. The molecule has 0 unspecified atom stereocenters. The fourth-order valence-electron chi connectivity index (χ4n) is 3.12. The van der Waals surface area contributed by atoms with E-state index in [9.17, 15) is 0 Å². The molecule has 1 aliphatic carbocycles. The topological polar surface area (TPSA) is 9.23 Å². The van der Waals surface area contributed by atoms with Gasteiger partial charge < -0.3 is 4.74 Å². The highest BCUT2D eigenvalue weighted by molar-refractivity contribution is 9.10. The van der Waals surface area contributed by atoms with Crippen molar-refractivity contribution in [2.75, 3.05) is 0 Å². The van der Waals surface area contributed by atoms with E-state index >= 15 is 0 Å². The SMILES string of the molecule is CC[C@H]1CC[C@@H](Oc2ccc3ccc(Br)cc3c2)CC1. The highest BCUT2D eigenvalue weighted by atomic mass is 79.9. The summed E-state index contributed by atoms with van der Waals surface area (Å²) in [4.78, 5) is 0. The Kier molecular flexibility index (Phi) is 4.30. The molecule has 0 saturated heterocycles. The molecule has 1 aliphatic rings. The molecule has 0 radical (unpaired) electrons. The molecule has 106 valence electrons. The summed E-state index contributed by atoms with van der Waals surface area (Å²) in [5, 5.41) is 2.49. The lowest BCUT2D eigenvalue weighted by atomic mass is 9.86. The molecule has 0 atom stereocenters. The van der Waals surface area contributed by atoms with Crippen LogP contribution in [-0.2, 0) is 0 Å². The third-order valence-corrected chi connectivity index (χ3v) is 4.94. The van der Waals surface area contributed by atoms with Crippen molar-refractivity contribution in [3.05, 3.63) is 40.9 Å². The highest BCUT2D eigenvalue weighted by Crippen LogP contribution is 2.31. The average Bonchev–Trinajstić information content (AvgIpc) is 2.47. The molecule has 2 heteroatoms. The lowest BCUT2D eigenvalue weighted by molar-refractivity contribution is 0.130. The van der Waals surface area contributed by atoms with Crippen LogP contribution < -0.4 is 4.74 Å². The lowest BCUT2D eigenvalue weighted by Crippen LogP contribution is -2.23. The number of hydrogen-bond acceptors (Lipinski definition) is 1. The van der Waals surface area contributed by atoms with E-state index in [0.717, 1.165) is 16.1 Å². The molecule has 3 rings (SSSR count). The molecule has 0 amide bonds. The zero-order chi connectivity index (χ0) is 13.9. The number of hydrogen-bond donors (Lipinski definition) is 0. The molecule has 2 aromatic rings. The van der Waals surface area contributed by atoms with E-state index < -0.39 is 0 Å². The first kappa shape index (κ1) is 13.9. The zero-order valence-electron chi connectivity index (χ0n) is 11.9. The number of ether oxygens (including phenoxy) is 1. The summed E-state index contributed by atoms with van der Waals surface area (Å²) in [6.45, 7) is 2.30. The van der Waals surface area contributed by atoms with Crippen molar-refractivity contribution < 1.29 is 4.74 Å². The second-order valence-electron chi connectivity index (χ2n) is 5.82. The van der Waals surface area contributed by atoms with Crippen molar-refractivity contribution >= 4 is 26.7 Å². The second kappa shape index (κ2) is 6.17. The molecule has 1 saturated carbocycles. The Hall–Kier alpha value is -1.02. The Morgan fingerprint density at radius 2 is 1.75 bits per heavy atom. The van der Waals surface area contributed by atoms with Gasteiger partial charge in [0.15, 0.2) is 0 Å². The standard InChI is InChI=1S/C18H21BrO/c1-2-13-3-8-17(9-4-13)20-18-10-6-14-5-7-16(19)11-15(14)12-18/h5-7,10-13,17H,2-4,8-9H2,1H3/t13-,17+. The van der Waals surface area contributed by atoms with Crippen LogP contribution in [0.3, 0.4) is 0 Å². The molecule has 2 aromatic carbocycles. The second-order valence-corrected chi connectivity index (χ2v) is 6.74. The van der Waals surface area contributed by atoms with Gasteiger partial charge in [0.25, 0.3) is 0 Å². The third kappa shape index (κ3) is 3.17. The van der Waals surface area contributed by atoms with Crippen LogP contribution in [0.1, 0.15) is 39.0 Å². The monoisotopic (exact) mass is 332 g/mol. The molecular formula is C18H21BrO. The maximum Gasteiger partial charge on any atom is 0.120 e. The first-order chi connectivity index (χ1) is 9.74. The van der Waals surface area contributed by atoms with Gasteiger partial charge in [-0.3, -0.25) is 0 Å². The molecule has 0 spiro atoms. The molecule has 1 nitrogen and oxygen atoms in total. The van der Waals surface area contributed by atoms with E-state index in [1.165, 1.54) is 42.9 Å². The van der Waals surface area contributed by atoms with Crippen LogP contribution in [0.25, 0.3) is 10.8 Å². The Morgan fingerprint density at radius 1 is 1.00 bits per heavy atom. The van der Waals surface area contributed by atoms with E-state index in [1.54, 1.807) is 0 Å². The van der Waals surface area contributed by atoms with Crippen molar-refractivity contribution in [1.29, 1.82) is 0 Å². The number of halogens is 1. The van der Waals surface area contributed by atoms with Gasteiger partial charge in [0.05, 0.1) is 6.10 Å². The van der Waals surface area contributed by atoms with Crippen LogP contribution in [0.15, 0.2) is 40.9 Å². The van der Waals surface area contributed by atoms with E-state index in [-0.39, 0.29) is 0 Å². The van der Waals surface area contributed by atoms with Gasteiger partial charge in [0.2, 0.25) is 0 Å². The summed E-state index contributed by atoms with van der Waals surface area (Å²) in [5.41, 5.74) is 0. The Labute approximate surface area is 129 Å². The summed E-state index contributed by atoms with van der Waals surface area (Å²) in [6.07, 6.45) is 6.77. The maximum atomic E-state index is 6.18. The Balaban J connectivity index is 1.71. The smallest absolute Gasteiger partial charge is 0.120 e. The minimum Gasteiger partial charge on any atom is -0.490 e. The van der Waals surface area contributed by atoms with E-state index in [2.05, 4.69) is 59.3 Å². The fraction of sp³-hybridized carbons (Fsp3) is 0.444. The van der Waals surface area contributed by atoms with Gasteiger partial charge in [0.1, 0.15) is 5.75 Å². The van der Waals surface area contributed by atoms with Crippen LogP contribution in [0, 0.1) is 5.92 Å². The van der Waals surface area contributed by atoms with Crippen LogP contribution in [0.4, 0.5) is 0 Å². The largest absolute Gasteiger partial charge is 0.490 e. The summed E-state index contributed by atoms with van der Waals surface area (Å²) in [5.74, 6) is 1.93. The van der Waals surface area contributed by atoms with Crippen molar-refractivity contribution in [3.63, 3.8) is 0 Å². The van der Waals surface area contributed by atoms with Crippen LogP contribution in [-0.4, -0.2) is 6.10 Å². The van der Waals surface area contributed by atoms with Gasteiger partial charge in [-0.05, 0) is 66.6 Å². The average molecular weight is 333 g/mol. The molecule has 0 bridgehead atoms. The molecule has 0 N–H and O–H groups in total. The molecular weight excluding hydrogens is 312 g/mol. The molecule has 0 aromatic heterocycles. The van der Waals surface area contributed by atoms with Gasteiger partial charge in [-0.2, -0.15) is 0 Å². The lowest BCUT2D eigenvalue weighted by Gasteiger charge is -2.28. The molecule has 0 aliphatic heterocycles. The summed E-state index contributed by atoms with van der Waals surface area (Å²) < 4.78 is 7.30. The molecule has 20 heavy (non-hydrogen) atoms. The summed E-state index contributed by atoms with van der Waals surface area (Å²) in [6, 6.07) is 12.8. The predicted molar refractivity (Wildman–Crippen MR) is 88.3 cm³/mol. The van der Waals surface area contributed by atoms with Gasteiger partial charge in [-0.1, -0.05) is 41.4 Å². The molecule has 1 fully saturated rings. The first-order valence-electron chi connectivity index (χ1n) is 7.60. The number of rotatable bonds is 3. The van der Waals surface area contributed by atoms with Crippen molar-refractivity contribution in [2.45, 2.75) is 45.1 Å². The van der Waals surface area contributed by atoms with Gasteiger partial charge in [-0.15, -0.1) is 0 Å². The van der Waals surface area contributed by atoms with Crippen LogP contribution >= 0.6 is 15.9 Å². The first-order valence-corrected chi connectivity index (χ1v) is 8.40. The van der Waals surface area contributed by atoms with Crippen molar-refractivity contribution in [3.8, 4) is 5.75 Å². The minimum atomic E-state index is 0.405. The van der Waals surface area contributed by atoms with E-state index in [4.69, 9.17) is 4.74 Å².